The van der Waals surface area contributed by atoms with Gasteiger partial charge in [0, 0.05) is 33.1 Å². The topological polar surface area (TPSA) is 44.9 Å². The highest BCUT2D eigenvalue weighted by atomic mass is 35.5. The van der Waals surface area contributed by atoms with Crippen molar-refractivity contribution in [3.05, 3.63) is 63.8 Å². The quantitative estimate of drug-likeness (QED) is 0.376. The van der Waals surface area contributed by atoms with Gasteiger partial charge in [0.2, 0.25) is 5.78 Å². The molecule has 0 aliphatic carbocycles. The normalized spacial score (nSPS) is 11.0. The smallest absolute Gasteiger partial charge is 0.211 e. The molecule has 0 radical (unpaired) electrons. The molecule has 3 aromatic rings. The van der Waals surface area contributed by atoms with Crippen LogP contribution in [0.5, 0.6) is 0 Å². The molecule has 0 unspecified atom stereocenters. The molecule has 0 saturated heterocycles. The summed E-state index contributed by atoms with van der Waals surface area (Å²) in [4.78, 5) is 16.2. The van der Waals surface area contributed by atoms with E-state index in [1.165, 1.54) is 0 Å². The predicted molar refractivity (Wildman–Crippen MR) is 106 cm³/mol. The zero-order chi connectivity index (χ0) is 17.8. The van der Waals surface area contributed by atoms with Crippen LogP contribution < -0.4 is 5.32 Å². The van der Waals surface area contributed by atoms with Crippen LogP contribution >= 0.6 is 23.2 Å². The fourth-order valence-corrected chi connectivity index (χ4v) is 3.25. The summed E-state index contributed by atoms with van der Waals surface area (Å²) in [5.41, 5.74) is 2.77. The van der Waals surface area contributed by atoms with Crippen LogP contribution in [0.15, 0.2) is 42.5 Å². The number of carbonyl (C=O) groups excluding carboxylic acids is 1. The van der Waals surface area contributed by atoms with Gasteiger partial charge in [0.05, 0.1) is 5.69 Å². The van der Waals surface area contributed by atoms with Crippen molar-refractivity contribution < 1.29 is 4.79 Å². The molecule has 0 fully saturated rings. The van der Waals surface area contributed by atoms with Crippen LogP contribution in [0.25, 0.3) is 10.9 Å². The Labute approximate surface area is 157 Å². The first-order chi connectivity index (χ1) is 12.1. The maximum Gasteiger partial charge on any atom is 0.211 e. The Morgan fingerprint density at radius 1 is 1.08 bits per heavy atom. The van der Waals surface area contributed by atoms with E-state index in [0.29, 0.717) is 21.3 Å². The summed E-state index contributed by atoms with van der Waals surface area (Å²) in [5.74, 6) is -0.0900. The number of hydrogen-bond acceptors (Lipinski definition) is 2. The lowest BCUT2D eigenvalue weighted by atomic mass is 10.1. The highest BCUT2D eigenvalue weighted by Crippen LogP contribution is 2.31. The lowest BCUT2D eigenvalue weighted by Crippen LogP contribution is -2.08. The van der Waals surface area contributed by atoms with E-state index in [2.05, 4.69) is 17.2 Å². The van der Waals surface area contributed by atoms with Crippen molar-refractivity contribution in [2.24, 2.45) is 0 Å². The number of H-pyrrole nitrogens is 1. The molecule has 1 heterocycles. The maximum atomic E-state index is 13.0. The number of aromatic amines is 1. The molecule has 2 aromatic carbocycles. The fourth-order valence-electron chi connectivity index (χ4n) is 2.89. The van der Waals surface area contributed by atoms with Crippen LogP contribution in [0.4, 0.5) is 5.69 Å². The Morgan fingerprint density at radius 3 is 2.64 bits per heavy atom. The van der Waals surface area contributed by atoms with E-state index < -0.39 is 0 Å². The third-order valence-corrected chi connectivity index (χ3v) is 4.63. The first-order valence-electron chi connectivity index (χ1n) is 8.45. The average Bonchev–Trinajstić information content (AvgIpc) is 2.95. The number of ketones is 1. The Kier molecular flexibility index (Phi) is 5.67. The second-order valence-electron chi connectivity index (χ2n) is 6.04. The molecule has 0 spiro atoms. The third-order valence-electron chi connectivity index (χ3n) is 4.16. The first kappa shape index (κ1) is 17.8. The molecular formula is C20H20Cl2N2O. The van der Waals surface area contributed by atoms with Gasteiger partial charge in [-0.15, -0.1) is 0 Å². The summed E-state index contributed by atoms with van der Waals surface area (Å²) in [6.45, 7) is 2.99. The first-order valence-corrected chi connectivity index (χ1v) is 9.21. The number of unbranched alkanes of at least 4 members (excludes halogenated alkanes) is 2. The van der Waals surface area contributed by atoms with E-state index in [0.717, 1.165) is 42.4 Å². The predicted octanol–water partition coefficient (Wildman–Crippen LogP) is 6.31. The van der Waals surface area contributed by atoms with E-state index in [1.807, 2.05) is 18.2 Å². The van der Waals surface area contributed by atoms with Crippen molar-refractivity contribution in [2.75, 3.05) is 11.9 Å². The second-order valence-corrected chi connectivity index (χ2v) is 6.91. The molecule has 3 nitrogen and oxygen atoms in total. The minimum absolute atomic E-state index is 0.0900. The van der Waals surface area contributed by atoms with Gasteiger partial charge in [-0.25, -0.2) is 0 Å². The Bertz CT molecular complexity index is 902. The molecule has 3 rings (SSSR count). The van der Waals surface area contributed by atoms with Gasteiger partial charge in [-0.1, -0.05) is 55.1 Å². The largest absolute Gasteiger partial charge is 0.383 e. The Hall–Kier alpha value is -1.97. The zero-order valence-electron chi connectivity index (χ0n) is 14.0. The van der Waals surface area contributed by atoms with Crippen molar-refractivity contribution >= 4 is 45.6 Å². The van der Waals surface area contributed by atoms with Gasteiger partial charge in [-0.3, -0.25) is 4.79 Å². The summed E-state index contributed by atoms with van der Waals surface area (Å²) in [5, 5.41) is 5.57. The third kappa shape index (κ3) is 4.00. The Morgan fingerprint density at radius 2 is 1.88 bits per heavy atom. The zero-order valence-corrected chi connectivity index (χ0v) is 15.5. The molecule has 25 heavy (non-hydrogen) atoms. The van der Waals surface area contributed by atoms with E-state index in [9.17, 15) is 4.79 Å². The standard InChI is InChI=1S/C20H20Cl2N2O/c1-2-3-4-10-23-18-16-9-8-15(22)12-17(16)24-19(18)20(25)13-6-5-7-14(21)11-13/h5-9,11-12,23-24H,2-4,10H2,1H3. The van der Waals surface area contributed by atoms with E-state index in [-0.39, 0.29) is 5.78 Å². The highest BCUT2D eigenvalue weighted by molar-refractivity contribution is 6.32. The van der Waals surface area contributed by atoms with Gasteiger partial charge < -0.3 is 10.3 Å². The van der Waals surface area contributed by atoms with Crippen LogP contribution in [-0.2, 0) is 0 Å². The molecule has 2 N–H and O–H groups in total. The lowest BCUT2D eigenvalue weighted by Gasteiger charge is -2.08. The number of nitrogens with one attached hydrogen (secondary N) is 2. The van der Waals surface area contributed by atoms with Crippen LogP contribution in [-0.4, -0.2) is 17.3 Å². The Balaban J connectivity index is 2.01. The SMILES string of the molecule is CCCCCNc1c(C(=O)c2cccc(Cl)c2)[nH]c2cc(Cl)ccc12. The van der Waals surface area contributed by atoms with Gasteiger partial charge in [0.1, 0.15) is 5.69 Å². The molecule has 5 heteroatoms. The minimum Gasteiger partial charge on any atom is -0.383 e. The van der Waals surface area contributed by atoms with Gasteiger partial charge in [0.25, 0.3) is 0 Å². The maximum absolute atomic E-state index is 13.0. The number of halogens is 2. The molecule has 0 saturated carbocycles. The van der Waals surface area contributed by atoms with Crippen molar-refractivity contribution in [1.29, 1.82) is 0 Å². The number of fused-ring (bicyclic) bond motifs is 1. The van der Waals surface area contributed by atoms with E-state index in [1.54, 1.807) is 24.3 Å². The number of rotatable bonds is 7. The molecule has 130 valence electrons. The molecule has 0 amide bonds. The van der Waals surface area contributed by atoms with Crippen molar-refractivity contribution in [2.45, 2.75) is 26.2 Å². The summed E-state index contributed by atoms with van der Waals surface area (Å²) < 4.78 is 0. The van der Waals surface area contributed by atoms with Crippen LogP contribution in [0.2, 0.25) is 10.0 Å². The van der Waals surface area contributed by atoms with Crippen LogP contribution in [0.1, 0.15) is 42.2 Å². The van der Waals surface area contributed by atoms with Gasteiger partial charge >= 0.3 is 0 Å². The van der Waals surface area contributed by atoms with Gasteiger partial charge in [-0.2, -0.15) is 0 Å². The van der Waals surface area contributed by atoms with Crippen molar-refractivity contribution in [3.63, 3.8) is 0 Å². The summed E-state index contributed by atoms with van der Waals surface area (Å²) >= 11 is 12.1. The van der Waals surface area contributed by atoms with E-state index >= 15 is 0 Å². The summed E-state index contributed by atoms with van der Waals surface area (Å²) in [6.07, 6.45) is 3.36. The number of carbonyl (C=O) groups is 1. The number of benzene rings is 2. The molecular weight excluding hydrogens is 355 g/mol. The lowest BCUT2D eigenvalue weighted by molar-refractivity contribution is 0.103. The molecule has 0 bridgehead atoms. The summed E-state index contributed by atoms with van der Waals surface area (Å²) in [7, 11) is 0. The molecule has 1 aromatic heterocycles. The van der Waals surface area contributed by atoms with Crippen molar-refractivity contribution in [3.8, 4) is 0 Å². The highest BCUT2D eigenvalue weighted by Gasteiger charge is 2.19. The van der Waals surface area contributed by atoms with Crippen molar-refractivity contribution in [1.82, 2.24) is 4.98 Å². The fraction of sp³-hybridized carbons (Fsp3) is 0.250. The molecule has 0 atom stereocenters. The van der Waals surface area contributed by atoms with E-state index in [4.69, 9.17) is 23.2 Å². The molecule has 0 aliphatic heterocycles. The summed E-state index contributed by atoms with van der Waals surface area (Å²) in [6, 6.07) is 12.6. The minimum atomic E-state index is -0.0900. The van der Waals surface area contributed by atoms with Gasteiger partial charge in [-0.05, 0) is 36.8 Å². The monoisotopic (exact) mass is 374 g/mol. The number of aromatic nitrogens is 1. The van der Waals surface area contributed by atoms with Crippen LogP contribution in [0, 0.1) is 0 Å². The van der Waals surface area contributed by atoms with Crippen LogP contribution in [0.3, 0.4) is 0 Å². The van der Waals surface area contributed by atoms with Gasteiger partial charge in [0.15, 0.2) is 0 Å². The number of hydrogen-bond donors (Lipinski definition) is 2. The average molecular weight is 375 g/mol. The second kappa shape index (κ2) is 7.94. The molecule has 0 aliphatic rings. The number of anilines is 1.